The molecular weight excluding hydrogens is 384 g/mol. The van der Waals surface area contributed by atoms with Crippen LogP contribution in [0.2, 0.25) is 0 Å². The van der Waals surface area contributed by atoms with E-state index in [9.17, 15) is 18.0 Å². The number of rotatable bonds is 5. The Hall–Kier alpha value is -2.62. The molecule has 0 unspecified atom stereocenters. The number of aryl methyl sites for hydroxylation is 1. The molecule has 1 aliphatic carbocycles. The minimum Gasteiger partial charge on any atom is -0.495 e. The summed E-state index contributed by atoms with van der Waals surface area (Å²) < 4.78 is 33.2. The van der Waals surface area contributed by atoms with Gasteiger partial charge in [-0.1, -0.05) is 4.09 Å². The molecule has 0 aliphatic heterocycles. The van der Waals surface area contributed by atoms with Gasteiger partial charge in [0, 0.05) is 17.1 Å². The summed E-state index contributed by atoms with van der Waals surface area (Å²) in [5.41, 5.74) is -0.899. The predicted octanol–water partition coefficient (Wildman–Crippen LogP) is 1.46. The molecular formula is C18H24N4O5S. The minimum absolute atomic E-state index is 0.00168. The lowest BCUT2D eigenvalue weighted by Gasteiger charge is -2.20. The van der Waals surface area contributed by atoms with Gasteiger partial charge in [-0.3, -0.25) is 9.36 Å². The van der Waals surface area contributed by atoms with Crippen molar-refractivity contribution in [3.8, 4) is 5.75 Å². The van der Waals surface area contributed by atoms with Gasteiger partial charge in [0.25, 0.3) is 15.9 Å². The van der Waals surface area contributed by atoms with Crippen molar-refractivity contribution in [1.82, 2.24) is 19.1 Å². The Kier molecular flexibility index (Phi) is 4.86. The van der Waals surface area contributed by atoms with Crippen LogP contribution in [0.5, 0.6) is 5.75 Å². The average Bonchev–Trinajstić information content (AvgIpc) is 3.37. The summed E-state index contributed by atoms with van der Waals surface area (Å²) >= 11 is 0. The molecule has 0 atom stereocenters. The third kappa shape index (κ3) is 3.68. The van der Waals surface area contributed by atoms with Crippen molar-refractivity contribution in [2.24, 2.45) is 0 Å². The number of hydrogen-bond acceptors (Lipinski definition) is 6. The van der Waals surface area contributed by atoms with Crippen molar-refractivity contribution in [1.29, 1.82) is 0 Å². The quantitative estimate of drug-likeness (QED) is 0.802. The Morgan fingerprint density at radius 3 is 2.46 bits per heavy atom. The molecule has 1 amide bonds. The molecule has 152 valence electrons. The van der Waals surface area contributed by atoms with Crippen LogP contribution in [0.3, 0.4) is 0 Å². The Bertz CT molecular complexity index is 1090. The van der Waals surface area contributed by atoms with E-state index in [0.717, 1.165) is 12.8 Å². The summed E-state index contributed by atoms with van der Waals surface area (Å²) in [7, 11) is -2.98. The van der Waals surface area contributed by atoms with E-state index in [1.807, 2.05) is 20.8 Å². The van der Waals surface area contributed by atoms with E-state index in [1.165, 1.54) is 29.9 Å². The second-order valence-electron chi connectivity index (χ2n) is 7.85. The number of benzene rings is 1. The van der Waals surface area contributed by atoms with Gasteiger partial charge in [-0.05, 0) is 58.7 Å². The minimum atomic E-state index is -4.28. The Morgan fingerprint density at radius 1 is 1.29 bits per heavy atom. The number of carbonyl (C=O) groups is 1. The van der Waals surface area contributed by atoms with Crippen molar-refractivity contribution >= 4 is 15.9 Å². The molecule has 1 aliphatic rings. The summed E-state index contributed by atoms with van der Waals surface area (Å²) in [5.74, 6) is -0.0518. The van der Waals surface area contributed by atoms with Crippen LogP contribution in [0, 0.1) is 6.92 Å². The van der Waals surface area contributed by atoms with Crippen molar-refractivity contribution < 1.29 is 17.9 Å². The smallest absolute Gasteiger partial charge is 0.361 e. The molecule has 1 fully saturated rings. The van der Waals surface area contributed by atoms with Crippen LogP contribution >= 0.6 is 0 Å². The van der Waals surface area contributed by atoms with Crippen LogP contribution in [0.15, 0.2) is 27.9 Å². The average molecular weight is 408 g/mol. The second-order valence-corrected chi connectivity index (χ2v) is 9.58. The van der Waals surface area contributed by atoms with Gasteiger partial charge in [0.1, 0.15) is 16.5 Å². The molecule has 1 heterocycles. The molecule has 1 N–H and O–H groups in total. The highest BCUT2D eigenvalue weighted by atomic mass is 32.2. The largest absolute Gasteiger partial charge is 0.495 e. The number of aromatic nitrogens is 3. The first-order valence-electron chi connectivity index (χ1n) is 8.90. The maximum absolute atomic E-state index is 13.1. The molecule has 10 heteroatoms. The van der Waals surface area contributed by atoms with Gasteiger partial charge in [-0.2, -0.15) is 8.42 Å². The van der Waals surface area contributed by atoms with Gasteiger partial charge < -0.3 is 10.1 Å². The molecule has 9 nitrogen and oxygen atoms in total. The standard InChI is InChI=1S/C18H24N4O5S/c1-11-20-22(17(24)21(11)13-7-8-13)28(25,26)15-9-6-12(10-14(15)27-5)16(23)19-18(2,3)4/h6,9-10,13H,7-8H2,1-5H3,(H,19,23). The van der Waals surface area contributed by atoms with Gasteiger partial charge >= 0.3 is 5.69 Å². The van der Waals surface area contributed by atoms with Gasteiger partial charge in [0.2, 0.25) is 0 Å². The Labute approximate surface area is 163 Å². The number of amides is 1. The maximum Gasteiger partial charge on any atom is 0.361 e. The highest BCUT2D eigenvalue weighted by molar-refractivity contribution is 7.90. The summed E-state index contributed by atoms with van der Waals surface area (Å²) in [4.78, 5) is 24.7. The van der Waals surface area contributed by atoms with E-state index in [2.05, 4.69) is 10.4 Å². The molecule has 2 aromatic rings. The highest BCUT2D eigenvalue weighted by Gasteiger charge is 2.33. The van der Waals surface area contributed by atoms with E-state index in [4.69, 9.17) is 4.74 Å². The summed E-state index contributed by atoms with van der Waals surface area (Å²) in [6.07, 6.45) is 1.65. The molecule has 0 radical (unpaired) electrons. The first-order valence-corrected chi connectivity index (χ1v) is 10.3. The molecule has 0 spiro atoms. The molecule has 0 bridgehead atoms. The highest BCUT2D eigenvalue weighted by Crippen LogP contribution is 2.34. The third-order valence-electron chi connectivity index (χ3n) is 4.29. The van der Waals surface area contributed by atoms with Crippen LogP contribution in [0.4, 0.5) is 0 Å². The molecule has 28 heavy (non-hydrogen) atoms. The summed E-state index contributed by atoms with van der Waals surface area (Å²) in [5, 5.41) is 6.75. The van der Waals surface area contributed by atoms with Crippen LogP contribution in [0.1, 0.15) is 55.8 Å². The van der Waals surface area contributed by atoms with Crippen LogP contribution in [-0.4, -0.2) is 40.7 Å². The zero-order valence-corrected chi connectivity index (χ0v) is 17.3. The second kappa shape index (κ2) is 6.77. The number of ether oxygens (including phenoxy) is 1. The van der Waals surface area contributed by atoms with Gasteiger partial charge in [-0.25, -0.2) is 4.79 Å². The van der Waals surface area contributed by atoms with Crippen LogP contribution in [0.25, 0.3) is 0 Å². The fourth-order valence-corrected chi connectivity index (χ4v) is 4.23. The van der Waals surface area contributed by atoms with E-state index in [-0.39, 0.29) is 28.2 Å². The van der Waals surface area contributed by atoms with E-state index < -0.39 is 21.3 Å². The predicted molar refractivity (Wildman–Crippen MR) is 102 cm³/mol. The van der Waals surface area contributed by atoms with E-state index >= 15 is 0 Å². The van der Waals surface area contributed by atoms with Crippen molar-refractivity contribution in [2.45, 2.75) is 57.0 Å². The maximum atomic E-state index is 13.1. The third-order valence-corrected chi connectivity index (χ3v) is 5.87. The Morgan fingerprint density at radius 2 is 1.93 bits per heavy atom. The normalized spacial score (nSPS) is 14.8. The van der Waals surface area contributed by atoms with Crippen LogP contribution < -0.4 is 15.7 Å². The van der Waals surface area contributed by atoms with Crippen molar-refractivity contribution in [3.05, 3.63) is 40.1 Å². The number of nitrogens with zero attached hydrogens (tertiary/aromatic N) is 3. The van der Waals surface area contributed by atoms with Gasteiger partial charge in [0.15, 0.2) is 0 Å². The SMILES string of the molecule is COc1cc(C(=O)NC(C)(C)C)ccc1S(=O)(=O)n1nc(C)n(C2CC2)c1=O. The number of methoxy groups -OCH3 is 1. The zero-order chi connectivity index (χ0) is 20.9. The first kappa shape index (κ1) is 20.1. The van der Waals surface area contributed by atoms with Crippen LogP contribution in [-0.2, 0) is 10.0 Å². The van der Waals surface area contributed by atoms with E-state index in [1.54, 1.807) is 6.92 Å². The summed E-state index contributed by atoms with van der Waals surface area (Å²) in [6, 6.07) is 3.97. The first-order chi connectivity index (χ1) is 13.0. The lowest BCUT2D eigenvalue weighted by Crippen LogP contribution is -2.40. The fraction of sp³-hybridized carbons (Fsp3) is 0.500. The monoisotopic (exact) mass is 408 g/mol. The number of nitrogens with one attached hydrogen (secondary N) is 1. The topological polar surface area (TPSA) is 112 Å². The molecule has 1 saturated carbocycles. The Balaban J connectivity index is 2.04. The lowest BCUT2D eigenvalue weighted by molar-refractivity contribution is 0.0919. The van der Waals surface area contributed by atoms with Gasteiger partial charge in [-0.15, -0.1) is 5.10 Å². The number of hydrogen-bond donors (Lipinski definition) is 1. The van der Waals surface area contributed by atoms with E-state index in [0.29, 0.717) is 9.91 Å². The van der Waals surface area contributed by atoms with Gasteiger partial charge in [0.05, 0.1) is 7.11 Å². The van der Waals surface area contributed by atoms with Crippen molar-refractivity contribution in [3.63, 3.8) is 0 Å². The van der Waals surface area contributed by atoms with Crippen molar-refractivity contribution in [2.75, 3.05) is 7.11 Å². The molecule has 1 aromatic heterocycles. The number of carbonyl (C=O) groups excluding carboxylic acids is 1. The molecule has 0 saturated heterocycles. The molecule has 3 rings (SSSR count). The zero-order valence-electron chi connectivity index (χ0n) is 16.5. The molecule has 1 aromatic carbocycles. The summed E-state index contributed by atoms with van der Waals surface area (Å²) in [6.45, 7) is 7.12. The fourth-order valence-electron chi connectivity index (χ4n) is 2.89. The lowest BCUT2D eigenvalue weighted by atomic mass is 10.1.